The minimum absolute atomic E-state index is 0.286. The molecule has 3 nitrogen and oxygen atoms in total. The van der Waals surface area contributed by atoms with Gasteiger partial charge in [-0.1, -0.05) is 6.92 Å². The maximum atomic E-state index is 13.7. The summed E-state index contributed by atoms with van der Waals surface area (Å²) in [5.74, 6) is -1.23. The number of nitrogen functional groups attached to an aromatic ring is 1. The maximum Gasteiger partial charge on any atom is 0.257 e. The van der Waals surface area contributed by atoms with Gasteiger partial charge in [0.15, 0.2) is 5.82 Å². The van der Waals surface area contributed by atoms with E-state index >= 15 is 0 Å². The summed E-state index contributed by atoms with van der Waals surface area (Å²) in [6, 6.07) is 1.78. The average Bonchev–Trinajstić information content (AvgIpc) is 2.33. The number of hydrogen-bond acceptors (Lipinski definition) is 3. The van der Waals surface area contributed by atoms with Gasteiger partial charge in [0, 0.05) is 24.1 Å². The third kappa shape index (κ3) is 2.58. The van der Waals surface area contributed by atoms with Crippen LogP contribution in [-0.4, -0.2) is 34.9 Å². The Hall–Kier alpha value is -1.30. The minimum Gasteiger partial charge on any atom is -0.396 e. The van der Waals surface area contributed by atoms with Crippen LogP contribution < -0.4 is 5.73 Å². The summed E-state index contributed by atoms with van der Waals surface area (Å²) in [5, 5.41) is 0.302. The quantitative estimate of drug-likeness (QED) is 0.797. The molecular formula is C12H14F2N2OS. The average molecular weight is 272 g/mol. The number of hydrogen-bond donors (Lipinski definition) is 1. The lowest BCUT2D eigenvalue weighted by Gasteiger charge is -2.30. The molecule has 2 rings (SSSR count). The van der Waals surface area contributed by atoms with Crippen molar-refractivity contribution in [2.75, 3.05) is 24.6 Å². The first-order valence-electron chi connectivity index (χ1n) is 5.64. The molecule has 2 N–H and O–H groups in total. The number of anilines is 1. The second kappa shape index (κ2) is 5.14. The van der Waals surface area contributed by atoms with E-state index in [0.29, 0.717) is 18.3 Å². The fourth-order valence-electron chi connectivity index (χ4n) is 1.94. The highest BCUT2D eigenvalue weighted by molar-refractivity contribution is 7.99. The molecule has 1 unspecified atom stereocenters. The highest BCUT2D eigenvalue weighted by Gasteiger charge is 2.25. The third-order valence-electron chi connectivity index (χ3n) is 2.82. The van der Waals surface area contributed by atoms with Crippen molar-refractivity contribution in [1.29, 1.82) is 0 Å². The maximum absolute atomic E-state index is 13.7. The summed E-state index contributed by atoms with van der Waals surface area (Å²) in [7, 11) is 0. The van der Waals surface area contributed by atoms with Crippen LogP contribution >= 0.6 is 11.8 Å². The first-order valence-corrected chi connectivity index (χ1v) is 6.69. The molecule has 0 saturated carbocycles. The monoisotopic (exact) mass is 272 g/mol. The lowest BCUT2D eigenvalue weighted by Crippen LogP contribution is -2.41. The number of carbonyl (C=O) groups excluding carboxylic acids is 1. The fourth-order valence-corrected chi connectivity index (χ4v) is 2.95. The van der Waals surface area contributed by atoms with Crippen molar-refractivity contribution < 1.29 is 13.6 Å². The van der Waals surface area contributed by atoms with Gasteiger partial charge in [0.05, 0.1) is 11.3 Å². The van der Waals surface area contributed by atoms with Crippen LogP contribution in [0, 0.1) is 11.6 Å². The van der Waals surface area contributed by atoms with E-state index in [1.54, 1.807) is 16.7 Å². The van der Waals surface area contributed by atoms with Gasteiger partial charge < -0.3 is 10.6 Å². The van der Waals surface area contributed by atoms with Gasteiger partial charge in [-0.25, -0.2) is 8.78 Å². The molecule has 0 aliphatic carbocycles. The number of carbonyl (C=O) groups is 1. The van der Waals surface area contributed by atoms with Gasteiger partial charge in [0.1, 0.15) is 5.82 Å². The highest BCUT2D eigenvalue weighted by Crippen LogP contribution is 2.23. The van der Waals surface area contributed by atoms with Crippen molar-refractivity contribution >= 4 is 23.4 Å². The smallest absolute Gasteiger partial charge is 0.257 e. The Kier molecular flexibility index (Phi) is 3.75. The van der Waals surface area contributed by atoms with Gasteiger partial charge in [-0.15, -0.1) is 0 Å². The van der Waals surface area contributed by atoms with E-state index in [0.717, 1.165) is 17.9 Å². The molecule has 1 aromatic carbocycles. The Bertz CT molecular complexity index is 481. The van der Waals surface area contributed by atoms with Gasteiger partial charge in [0.2, 0.25) is 0 Å². The molecule has 1 aliphatic rings. The zero-order chi connectivity index (χ0) is 13.3. The molecule has 1 aliphatic heterocycles. The van der Waals surface area contributed by atoms with Gasteiger partial charge in [-0.2, -0.15) is 11.8 Å². The van der Waals surface area contributed by atoms with Gasteiger partial charge in [-0.3, -0.25) is 4.79 Å². The predicted molar refractivity (Wildman–Crippen MR) is 68.6 cm³/mol. The molecule has 0 bridgehead atoms. The highest BCUT2D eigenvalue weighted by atomic mass is 32.2. The molecule has 1 aromatic rings. The summed E-state index contributed by atoms with van der Waals surface area (Å²) < 4.78 is 26.9. The van der Waals surface area contributed by atoms with Crippen LogP contribution in [0.15, 0.2) is 12.1 Å². The Labute approximate surface area is 108 Å². The molecule has 1 saturated heterocycles. The van der Waals surface area contributed by atoms with Crippen LogP contribution in [0.25, 0.3) is 0 Å². The van der Waals surface area contributed by atoms with Gasteiger partial charge in [-0.05, 0) is 12.1 Å². The fraction of sp³-hybridized carbons (Fsp3) is 0.417. The zero-order valence-electron chi connectivity index (χ0n) is 9.95. The number of halogens is 2. The Balaban J connectivity index is 2.28. The van der Waals surface area contributed by atoms with E-state index < -0.39 is 17.5 Å². The van der Waals surface area contributed by atoms with Crippen LogP contribution in [-0.2, 0) is 0 Å². The SMILES string of the molecule is CC1CN(C(=O)c2cc(F)cc(N)c2F)CCS1. The molecule has 18 heavy (non-hydrogen) atoms. The number of nitrogens with two attached hydrogens (primary N) is 1. The molecule has 6 heteroatoms. The van der Waals surface area contributed by atoms with Crippen molar-refractivity contribution in [2.45, 2.75) is 12.2 Å². The topological polar surface area (TPSA) is 46.3 Å². The van der Waals surface area contributed by atoms with Gasteiger partial charge >= 0.3 is 0 Å². The van der Waals surface area contributed by atoms with Gasteiger partial charge in [0.25, 0.3) is 5.91 Å². The van der Waals surface area contributed by atoms with E-state index in [9.17, 15) is 13.6 Å². The van der Waals surface area contributed by atoms with Crippen molar-refractivity contribution in [2.24, 2.45) is 0 Å². The van der Waals surface area contributed by atoms with Crippen LogP contribution in [0.1, 0.15) is 17.3 Å². The summed E-state index contributed by atoms with van der Waals surface area (Å²) in [6.45, 7) is 3.09. The number of thioether (sulfide) groups is 1. The lowest BCUT2D eigenvalue weighted by molar-refractivity contribution is 0.0758. The van der Waals surface area contributed by atoms with Crippen molar-refractivity contribution in [3.63, 3.8) is 0 Å². The number of amides is 1. The largest absolute Gasteiger partial charge is 0.396 e. The first-order chi connectivity index (χ1) is 8.49. The number of rotatable bonds is 1. The van der Waals surface area contributed by atoms with Crippen molar-refractivity contribution in [3.8, 4) is 0 Å². The number of nitrogens with zero attached hydrogens (tertiary/aromatic N) is 1. The van der Waals surface area contributed by atoms with Crippen molar-refractivity contribution in [3.05, 3.63) is 29.3 Å². The zero-order valence-corrected chi connectivity index (χ0v) is 10.8. The normalized spacial score (nSPS) is 19.9. The first kappa shape index (κ1) is 13.1. The molecule has 98 valence electrons. The van der Waals surface area contributed by atoms with Crippen LogP contribution in [0.3, 0.4) is 0 Å². The lowest BCUT2D eigenvalue weighted by atomic mass is 10.1. The molecule has 0 aromatic heterocycles. The minimum atomic E-state index is -0.840. The number of benzene rings is 1. The molecule has 1 heterocycles. The molecule has 1 atom stereocenters. The standard InChI is InChI=1S/C12H14F2N2OS/c1-7-6-16(2-3-18-7)12(17)9-4-8(13)5-10(15)11(9)14/h4-5,7H,2-3,6,15H2,1H3. The van der Waals surface area contributed by atoms with Crippen molar-refractivity contribution in [1.82, 2.24) is 4.90 Å². The second-order valence-corrected chi connectivity index (χ2v) is 5.84. The molecule has 1 amide bonds. The summed E-state index contributed by atoms with van der Waals surface area (Å²) in [6.07, 6.45) is 0. The van der Waals surface area contributed by atoms with E-state index in [-0.39, 0.29) is 11.3 Å². The molecule has 0 radical (unpaired) electrons. The summed E-state index contributed by atoms with van der Waals surface area (Å²) >= 11 is 1.76. The second-order valence-electron chi connectivity index (χ2n) is 4.29. The van der Waals surface area contributed by atoms with Crippen LogP contribution in [0.5, 0.6) is 0 Å². The Morgan fingerprint density at radius 2 is 2.22 bits per heavy atom. The summed E-state index contributed by atoms with van der Waals surface area (Å²) in [5.41, 5.74) is 4.71. The summed E-state index contributed by atoms with van der Waals surface area (Å²) in [4.78, 5) is 13.7. The van der Waals surface area contributed by atoms with Crippen LogP contribution in [0.4, 0.5) is 14.5 Å². The third-order valence-corrected chi connectivity index (χ3v) is 3.96. The van der Waals surface area contributed by atoms with E-state index in [4.69, 9.17) is 5.73 Å². The molecular weight excluding hydrogens is 258 g/mol. The van der Waals surface area contributed by atoms with E-state index in [1.807, 2.05) is 6.92 Å². The Morgan fingerprint density at radius 3 is 2.89 bits per heavy atom. The molecule has 0 spiro atoms. The van der Waals surface area contributed by atoms with E-state index in [1.165, 1.54) is 0 Å². The van der Waals surface area contributed by atoms with Crippen LogP contribution in [0.2, 0.25) is 0 Å². The van der Waals surface area contributed by atoms with E-state index in [2.05, 4.69) is 0 Å². The Morgan fingerprint density at radius 1 is 1.50 bits per heavy atom. The molecule has 1 fully saturated rings. The predicted octanol–water partition coefficient (Wildman–Crippen LogP) is 2.12.